The SMILES string of the molecule is C1=CC2=C(c3ccc(N(c4ccccc4)c4ccc5ccc6c(cc7c8ccccc8n8c9ccccc9c6c78)c5c4)cc3)CCCC2C=C1. The third-order valence-electron chi connectivity index (χ3n) is 11.3. The third-order valence-corrected chi connectivity index (χ3v) is 11.3. The van der Waals surface area contributed by atoms with Crippen molar-refractivity contribution < 1.29 is 0 Å². The lowest BCUT2D eigenvalue weighted by molar-refractivity contribution is 0.616. The molecule has 1 atom stereocenters. The first-order valence-electron chi connectivity index (χ1n) is 17.9. The van der Waals surface area contributed by atoms with Gasteiger partial charge in [0.1, 0.15) is 0 Å². The topological polar surface area (TPSA) is 7.65 Å². The van der Waals surface area contributed by atoms with Gasteiger partial charge in [0, 0.05) is 44.5 Å². The molecular formula is C48H34N2. The van der Waals surface area contributed by atoms with E-state index in [9.17, 15) is 0 Å². The van der Waals surface area contributed by atoms with Gasteiger partial charge in [0.15, 0.2) is 0 Å². The monoisotopic (exact) mass is 638 g/mol. The highest BCUT2D eigenvalue weighted by molar-refractivity contribution is 6.33. The summed E-state index contributed by atoms with van der Waals surface area (Å²) in [5.74, 6) is 0.549. The Morgan fingerprint density at radius 1 is 0.540 bits per heavy atom. The quantitative estimate of drug-likeness (QED) is 0.174. The van der Waals surface area contributed by atoms with Crippen molar-refractivity contribution in [2.24, 2.45) is 5.92 Å². The Morgan fingerprint density at radius 2 is 1.26 bits per heavy atom. The van der Waals surface area contributed by atoms with Crippen molar-refractivity contribution in [2.75, 3.05) is 4.90 Å². The molecule has 0 aliphatic heterocycles. The van der Waals surface area contributed by atoms with Gasteiger partial charge in [-0.3, -0.25) is 0 Å². The predicted molar refractivity (Wildman–Crippen MR) is 213 cm³/mol. The van der Waals surface area contributed by atoms with Gasteiger partial charge in [-0.15, -0.1) is 0 Å². The summed E-state index contributed by atoms with van der Waals surface area (Å²) in [6.45, 7) is 0. The number of benzene rings is 7. The van der Waals surface area contributed by atoms with Gasteiger partial charge in [-0.1, -0.05) is 109 Å². The molecule has 1 unspecified atom stereocenters. The molecule has 0 amide bonds. The standard InChI is InChI=1S/C48H34N2/c1-2-13-34(14-3-1)49(35-25-21-32(22-26-35)38-18-10-12-31-11-4-5-15-37(31)38)36-27-23-33-24-28-40-43(42(33)29-36)30-44-39-16-6-8-19-45(39)50-46-20-9-7-17-41(46)47(40)48(44)50/h1-9,11,13-17,19-31H,10,12,18H2. The summed E-state index contributed by atoms with van der Waals surface area (Å²) in [6, 6.07) is 51.9. The number of anilines is 3. The van der Waals surface area contributed by atoms with E-state index in [0.717, 1.165) is 23.5 Å². The molecule has 0 saturated carbocycles. The average Bonchev–Trinajstić information content (AvgIpc) is 3.70. The lowest BCUT2D eigenvalue weighted by Crippen LogP contribution is -2.11. The third kappa shape index (κ3) is 3.96. The zero-order chi connectivity index (χ0) is 32.8. The van der Waals surface area contributed by atoms with Crippen molar-refractivity contribution in [1.82, 2.24) is 4.40 Å². The Morgan fingerprint density at radius 3 is 2.12 bits per heavy atom. The van der Waals surface area contributed by atoms with Crippen molar-refractivity contribution in [3.8, 4) is 0 Å². The van der Waals surface area contributed by atoms with E-state index in [1.165, 1.54) is 89.2 Å². The van der Waals surface area contributed by atoms with Crippen LogP contribution in [-0.2, 0) is 0 Å². The van der Waals surface area contributed by atoms with E-state index in [1.807, 2.05) is 0 Å². The molecule has 2 aliphatic rings. The summed E-state index contributed by atoms with van der Waals surface area (Å²) in [5.41, 5.74) is 11.7. The van der Waals surface area contributed by atoms with Crippen LogP contribution in [0, 0.1) is 5.92 Å². The van der Waals surface area contributed by atoms with Gasteiger partial charge in [-0.2, -0.15) is 0 Å². The van der Waals surface area contributed by atoms with Crippen LogP contribution in [0.5, 0.6) is 0 Å². The van der Waals surface area contributed by atoms with Crippen LogP contribution in [-0.4, -0.2) is 4.40 Å². The molecule has 0 fully saturated rings. The first-order chi connectivity index (χ1) is 24.8. The second-order valence-electron chi connectivity index (χ2n) is 14.0. The summed E-state index contributed by atoms with van der Waals surface area (Å²) in [7, 11) is 0. The summed E-state index contributed by atoms with van der Waals surface area (Å²) in [4.78, 5) is 2.41. The molecule has 2 nitrogen and oxygen atoms in total. The number of para-hydroxylation sites is 3. The van der Waals surface area contributed by atoms with E-state index >= 15 is 0 Å². The van der Waals surface area contributed by atoms with Gasteiger partial charge in [0.2, 0.25) is 0 Å². The molecule has 50 heavy (non-hydrogen) atoms. The van der Waals surface area contributed by atoms with Gasteiger partial charge in [-0.05, 0) is 112 Å². The largest absolute Gasteiger partial charge is 0.310 e. The first-order valence-corrected chi connectivity index (χ1v) is 17.9. The van der Waals surface area contributed by atoms with Gasteiger partial charge in [-0.25, -0.2) is 0 Å². The minimum Gasteiger partial charge on any atom is -0.310 e. The maximum absolute atomic E-state index is 2.47. The number of hydrogen-bond donors (Lipinski definition) is 0. The molecule has 2 aliphatic carbocycles. The lowest BCUT2D eigenvalue weighted by atomic mass is 9.78. The van der Waals surface area contributed by atoms with Crippen molar-refractivity contribution in [2.45, 2.75) is 19.3 Å². The fourth-order valence-electron chi connectivity index (χ4n) is 9.13. The molecule has 0 radical (unpaired) electrons. The highest BCUT2D eigenvalue weighted by Crippen LogP contribution is 2.46. The normalized spacial score (nSPS) is 16.1. The Balaban J connectivity index is 1.13. The van der Waals surface area contributed by atoms with Crippen LogP contribution >= 0.6 is 0 Å². The summed E-state index contributed by atoms with van der Waals surface area (Å²) >= 11 is 0. The fraction of sp³-hybridized carbons (Fsp3) is 0.0833. The molecule has 0 saturated heterocycles. The minimum atomic E-state index is 0.549. The Bertz CT molecular complexity index is 2880. The second kappa shape index (κ2) is 10.7. The Kier molecular flexibility index (Phi) is 5.94. The molecule has 0 N–H and O–H groups in total. The second-order valence-corrected chi connectivity index (χ2v) is 14.0. The van der Waals surface area contributed by atoms with Crippen LogP contribution in [0.1, 0.15) is 24.8 Å². The predicted octanol–water partition coefficient (Wildman–Crippen LogP) is 13.3. The molecule has 11 rings (SSSR count). The number of fused-ring (bicyclic) bond motifs is 11. The van der Waals surface area contributed by atoms with Gasteiger partial charge in [0.05, 0.1) is 16.6 Å². The maximum Gasteiger partial charge on any atom is 0.0626 e. The zero-order valence-corrected chi connectivity index (χ0v) is 27.7. The van der Waals surface area contributed by atoms with Crippen LogP contribution in [0.25, 0.3) is 65.2 Å². The van der Waals surface area contributed by atoms with E-state index in [4.69, 9.17) is 0 Å². The number of rotatable bonds is 4. The number of aromatic nitrogens is 1. The van der Waals surface area contributed by atoms with E-state index in [1.54, 1.807) is 0 Å². The Labute approximate surface area is 290 Å². The zero-order valence-electron chi connectivity index (χ0n) is 27.7. The van der Waals surface area contributed by atoms with E-state index in [-0.39, 0.29) is 0 Å². The van der Waals surface area contributed by atoms with Crippen molar-refractivity contribution in [1.29, 1.82) is 0 Å². The molecule has 2 heteroatoms. The molecule has 0 bridgehead atoms. The highest BCUT2D eigenvalue weighted by atomic mass is 15.1. The lowest BCUT2D eigenvalue weighted by Gasteiger charge is -2.28. The fourth-order valence-corrected chi connectivity index (χ4v) is 9.13. The summed E-state index contributed by atoms with van der Waals surface area (Å²) in [6.07, 6.45) is 12.7. The van der Waals surface area contributed by atoms with Crippen LogP contribution < -0.4 is 4.90 Å². The molecular weight excluding hydrogens is 605 g/mol. The van der Waals surface area contributed by atoms with Crippen LogP contribution in [0.2, 0.25) is 0 Å². The molecule has 9 aromatic rings. The number of nitrogens with zero attached hydrogens (tertiary/aromatic N) is 2. The van der Waals surface area contributed by atoms with E-state index in [2.05, 4.69) is 173 Å². The van der Waals surface area contributed by atoms with Crippen molar-refractivity contribution >= 4 is 82.3 Å². The van der Waals surface area contributed by atoms with Crippen molar-refractivity contribution in [3.63, 3.8) is 0 Å². The Hall–Kier alpha value is -6.12. The van der Waals surface area contributed by atoms with Crippen molar-refractivity contribution in [3.05, 3.63) is 175 Å². The molecule has 236 valence electrons. The number of hydrogen-bond acceptors (Lipinski definition) is 1. The van der Waals surface area contributed by atoms with E-state index in [0.29, 0.717) is 5.92 Å². The maximum atomic E-state index is 2.47. The van der Waals surface area contributed by atoms with E-state index < -0.39 is 0 Å². The molecule has 7 aromatic carbocycles. The smallest absolute Gasteiger partial charge is 0.0626 e. The van der Waals surface area contributed by atoms with Gasteiger partial charge >= 0.3 is 0 Å². The first kappa shape index (κ1) is 27.8. The minimum absolute atomic E-state index is 0.549. The summed E-state index contributed by atoms with van der Waals surface area (Å²) in [5, 5.41) is 10.4. The van der Waals surface area contributed by atoms with Crippen LogP contribution in [0.4, 0.5) is 17.1 Å². The number of allylic oxidation sites excluding steroid dienone is 6. The van der Waals surface area contributed by atoms with Crippen LogP contribution in [0.3, 0.4) is 0 Å². The van der Waals surface area contributed by atoms with Gasteiger partial charge in [0.25, 0.3) is 0 Å². The highest BCUT2D eigenvalue weighted by Gasteiger charge is 2.23. The molecule has 0 spiro atoms. The van der Waals surface area contributed by atoms with Crippen LogP contribution in [0.15, 0.2) is 169 Å². The average molecular weight is 639 g/mol. The molecule has 2 heterocycles. The van der Waals surface area contributed by atoms with Gasteiger partial charge < -0.3 is 9.30 Å². The molecule has 2 aromatic heterocycles. The summed E-state index contributed by atoms with van der Waals surface area (Å²) < 4.78 is 2.47.